The molecular weight excluding hydrogens is 356 g/mol. The summed E-state index contributed by atoms with van der Waals surface area (Å²) in [4.78, 5) is 6.71. The van der Waals surface area contributed by atoms with Gasteiger partial charge in [-0.2, -0.15) is 0 Å². The maximum atomic E-state index is 5.49. The van der Waals surface area contributed by atoms with Crippen molar-refractivity contribution in [3.63, 3.8) is 0 Å². The molecule has 3 nitrogen and oxygen atoms in total. The Hall–Kier alpha value is -3.07. The van der Waals surface area contributed by atoms with Crippen molar-refractivity contribution in [3.05, 3.63) is 82.9 Å². The molecule has 0 aliphatic heterocycles. The number of aliphatic imine (C=N–C) groups is 1. The normalized spacial score (nSPS) is 11.1. The van der Waals surface area contributed by atoms with Gasteiger partial charge in [0.05, 0.1) is 19.1 Å². The van der Waals surface area contributed by atoms with Gasteiger partial charge in [0, 0.05) is 19.2 Å². The molecule has 0 radical (unpaired) electrons. The van der Waals surface area contributed by atoms with Gasteiger partial charge in [0.15, 0.2) is 0 Å². The average molecular weight is 387 g/mol. The topological polar surface area (TPSA) is 24.8 Å². The Morgan fingerprint density at radius 3 is 2.38 bits per heavy atom. The third-order valence-electron chi connectivity index (χ3n) is 5.31. The number of rotatable bonds is 7. The molecule has 29 heavy (non-hydrogen) atoms. The monoisotopic (exact) mass is 386 g/mol. The molecule has 0 saturated carbocycles. The molecule has 0 spiro atoms. The summed E-state index contributed by atoms with van der Waals surface area (Å²) in [6.07, 6.45) is 2.82. The Kier molecular flexibility index (Phi) is 6.71. The molecule has 0 N–H and O–H groups in total. The van der Waals surface area contributed by atoms with Crippen LogP contribution >= 0.6 is 0 Å². The van der Waals surface area contributed by atoms with Gasteiger partial charge in [-0.1, -0.05) is 48.5 Å². The van der Waals surface area contributed by atoms with Crippen molar-refractivity contribution in [2.24, 2.45) is 4.99 Å². The highest BCUT2D eigenvalue weighted by atomic mass is 16.5. The minimum atomic E-state index is 0.900. The van der Waals surface area contributed by atoms with Crippen LogP contribution in [-0.2, 0) is 6.42 Å². The largest absolute Gasteiger partial charge is 0.496 e. The van der Waals surface area contributed by atoms with Gasteiger partial charge in [-0.25, -0.2) is 4.99 Å². The van der Waals surface area contributed by atoms with E-state index in [1.54, 1.807) is 7.11 Å². The highest BCUT2D eigenvalue weighted by molar-refractivity contribution is 5.70. The third kappa shape index (κ3) is 5.05. The standard InChI is InChI=1S/C26H30N2O/c1-6-28(4)18-27-25-16-19(2)23(15-20(25)3)17-21-11-13-22(14-12-21)24-9-7-8-10-26(24)29-5/h7-16,18H,6,17H2,1-5H3. The third-order valence-corrected chi connectivity index (χ3v) is 5.31. The van der Waals surface area contributed by atoms with Gasteiger partial charge in [0.2, 0.25) is 0 Å². The minimum Gasteiger partial charge on any atom is -0.496 e. The molecule has 0 saturated heterocycles. The van der Waals surface area contributed by atoms with Crippen molar-refractivity contribution in [2.45, 2.75) is 27.2 Å². The lowest BCUT2D eigenvalue weighted by molar-refractivity contribution is 0.416. The highest BCUT2D eigenvalue weighted by Crippen LogP contribution is 2.30. The zero-order valence-corrected chi connectivity index (χ0v) is 18.1. The van der Waals surface area contributed by atoms with Crippen molar-refractivity contribution >= 4 is 12.0 Å². The molecule has 0 atom stereocenters. The predicted molar refractivity (Wildman–Crippen MR) is 124 cm³/mol. The summed E-state index contributed by atoms with van der Waals surface area (Å²) in [6.45, 7) is 7.36. The Labute approximate surface area is 174 Å². The van der Waals surface area contributed by atoms with Crippen LogP contribution in [0.4, 0.5) is 5.69 Å². The van der Waals surface area contributed by atoms with E-state index in [2.05, 4.69) is 73.1 Å². The highest BCUT2D eigenvalue weighted by Gasteiger charge is 2.08. The molecule has 0 heterocycles. The summed E-state index contributed by atoms with van der Waals surface area (Å²) < 4.78 is 5.49. The van der Waals surface area contributed by atoms with Gasteiger partial charge in [-0.3, -0.25) is 0 Å². The first-order valence-electron chi connectivity index (χ1n) is 10.1. The van der Waals surface area contributed by atoms with Gasteiger partial charge in [0.25, 0.3) is 0 Å². The molecule has 3 aromatic rings. The van der Waals surface area contributed by atoms with Crippen LogP contribution in [0.3, 0.4) is 0 Å². The van der Waals surface area contributed by atoms with Gasteiger partial charge in [0.1, 0.15) is 5.75 Å². The number of benzene rings is 3. The first-order valence-corrected chi connectivity index (χ1v) is 10.1. The van der Waals surface area contributed by atoms with Crippen LogP contribution < -0.4 is 4.74 Å². The first-order chi connectivity index (χ1) is 14.0. The van der Waals surface area contributed by atoms with Crippen LogP contribution in [0, 0.1) is 13.8 Å². The minimum absolute atomic E-state index is 0.900. The van der Waals surface area contributed by atoms with E-state index in [-0.39, 0.29) is 0 Å². The number of nitrogens with zero attached hydrogens (tertiary/aromatic N) is 2. The molecule has 0 bridgehead atoms. The van der Waals surface area contributed by atoms with Crippen molar-refractivity contribution in [3.8, 4) is 16.9 Å². The van der Waals surface area contributed by atoms with Crippen molar-refractivity contribution in [1.29, 1.82) is 0 Å². The molecule has 0 aliphatic rings. The molecule has 150 valence electrons. The number of para-hydroxylation sites is 1. The second-order valence-electron chi connectivity index (χ2n) is 7.46. The zero-order valence-electron chi connectivity index (χ0n) is 18.1. The van der Waals surface area contributed by atoms with E-state index in [4.69, 9.17) is 4.74 Å². The van der Waals surface area contributed by atoms with Gasteiger partial charge < -0.3 is 9.64 Å². The lowest BCUT2D eigenvalue weighted by Gasteiger charge is -2.13. The predicted octanol–water partition coefficient (Wildman–Crippen LogP) is 6.18. The Morgan fingerprint density at radius 2 is 1.69 bits per heavy atom. The van der Waals surface area contributed by atoms with E-state index < -0.39 is 0 Å². The molecule has 0 aliphatic carbocycles. The summed E-state index contributed by atoms with van der Waals surface area (Å²) >= 11 is 0. The maximum absolute atomic E-state index is 5.49. The van der Waals surface area contributed by atoms with Gasteiger partial charge in [-0.15, -0.1) is 0 Å². The molecule has 0 aromatic heterocycles. The van der Waals surface area contributed by atoms with E-state index in [1.807, 2.05) is 31.6 Å². The number of ether oxygens (including phenoxy) is 1. The molecular formula is C26H30N2O. The second kappa shape index (κ2) is 9.42. The van der Waals surface area contributed by atoms with Crippen LogP contribution in [0.5, 0.6) is 5.75 Å². The van der Waals surface area contributed by atoms with Crippen molar-refractivity contribution in [1.82, 2.24) is 4.90 Å². The Balaban J connectivity index is 1.80. The molecule has 3 aromatic carbocycles. The van der Waals surface area contributed by atoms with Gasteiger partial charge in [-0.05, 0) is 67.1 Å². The summed E-state index contributed by atoms with van der Waals surface area (Å²) in [5, 5.41) is 0. The van der Waals surface area contributed by atoms with Crippen LogP contribution in [-0.4, -0.2) is 31.9 Å². The molecule has 0 unspecified atom stereocenters. The van der Waals surface area contributed by atoms with E-state index in [9.17, 15) is 0 Å². The second-order valence-corrected chi connectivity index (χ2v) is 7.46. The van der Waals surface area contributed by atoms with Crippen LogP contribution in [0.25, 0.3) is 11.1 Å². The number of aryl methyl sites for hydroxylation is 2. The average Bonchev–Trinajstić information content (AvgIpc) is 2.75. The van der Waals surface area contributed by atoms with E-state index in [1.165, 1.54) is 27.8 Å². The quantitative estimate of drug-likeness (QED) is 0.358. The summed E-state index contributed by atoms with van der Waals surface area (Å²) in [7, 11) is 3.75. The summed E-state index contributed by atoms with van der Waals surface area (Å²) in [6, 6.07) is 21.3. The van der Waals surface area contributed by atoms with Gasteiger partial charge >= 0.3 is 0 Å². The van der Waals surface area contributed by atoms with Crippen molar-refractivity contribution < 1.29 is 4.74 Å². The smallest absolute Gasteiger partial charge is 0.126 e. The molecule has 0 fully saturated rings. The summed E-state index contributed by atoms with van der Waals surface area (Å²) in [5.74, 6) is 0.900. The molecule has 0 amide bonds. The molecule has 3 rings (SSSR count). The van der Waals surface area contributed by atoms with E-state index in [0.29, 0.717) is 0 Å². The number of hydrogen-bond donors (Lipinski definition) is 0. The van der Waals surface area contributed by atoms with Crippen LogP contribution in [0.15, 0.2) is 65.7 Å². The first kappa shape index (κ1) is 20.7. The van der Waals surface area contributed by atoms with Crippen molar-refractivity contribution in [2.75, 3.05) is 20.7 Å². The fourth-order valence-electron chi connectivity index (χ4n) is 3.34. The number of methoxy groups -OCH3 is 1. The summed E-state index contributed by atoms with van der Waals surface area (Å²) in [5.41, 5.74) is 8.45. The maximum Gasteiger partial charge on any atom is 0.126 e. The molecule has 3 heteroatoms. The van der Waals surface area contributed by atoms with Crippen LogP contribution in [0.2, 0.25) is 0 Å². The fourth-order valence-corrected chi connectivity index (χ4v) is 3.34. The van der Waals surface area contributed by atoms with E-state index in [0.717, 1.165) is 30.0 Å². The van der Waals surface area contributed by atoms with Crippen LogP contribution in [0.1, 0.15) is 29.2 Å². The lowest BCUT2D eigenvalue weighted by Crippen LogP contribution is -2.14. The fraction of sp³-hybridized carbons (Fsp3) is 0.269. The lowest BCUT2D eigenvalue weighted by atomic mass is 9.96. The Bertz CT molecular complexity index is 990. The van der Waals surface area contributed by atoms with E-state index >= 15 is 0 Å². The SMILES string of the molecule is CCN(C)C=Nc1cc(C)c(Cc2ccc(-c3ccccc3OC)cc2)cc1C. The zero-order chi connectivity index (χ0) is 20.8. The number of hydrogen-bond acceptors (Lipinski definition) is 2. The Morgan fingerprint density at radius 1 is 0.966 bits per heavy atom.